The Labute approximate surface area is 162 Å². The Morgan fingerprint density at radius 2 is 1.93 bits per heavy atom. The second-order valence-electron chi connectivity index (χ2n) is 5.79. The van der Waals surface area contributed by atoms with Gasteiger partial charge in [-0.15, -0.1) is 0 Å². The van der Waals surface area contributed by atoms with Gasteiger partial charge >= 0.3 is 0 Å². The number of nitrogen functional groups attached to an aromatic ring is 2. The average Bonchev–Trinajstić information content (AvgIpc) is 2.66. The van der Waals surface area contributed by atoms with Crippen LogP contribution in [0.15, 0.2) is 35.3 Å². The zero-order chi connectivity index (χ0) is 19.4. The summed E-state index contributed by atoms with van der Waals surface area (Å²) in [7, 11) is 3.28. The van der Waals surface area contributed by atoms with Gasteiger partial charge in [0.05, 0.1) is 35.8 Å². The smallest absolute Gasteiger partial charge is 0.222 e. The Morgan fingerprint density at radius 1 is 1.11 bits per heavy atom. The van der Waals surface area contributed by atoms with Crippen LogP contribution in [-0.2, 0) is 6.42 Å². The zero-order valence-electron chi connectivity index (χ0n) is 15.1. The number of aryl methyl sites for hydroxylation is 1. The van der Waals surface area contributed by atoms with E-state index in [0.29, 0.717) is 28.0 Å². The lowest BCUT2D eigenvalue weighted by Gasteiger charge is -2.09. The van der Waals surface area contributed by atoms with E-state index in [1.807, 2.05) is 18.2 Å². The van der Waals surface area contributed by atoms with Gasteiger partial charge in [0.25, 0.3) is 0 Å². The molecular weight excluding hydrogens is 366 g/mol. The third-order valence-corrected chi connectivity index (χ3v) is 4.47. The fourth-order valence-corrected chi connectivity index (χ4v) is 3.08. The molecule has 0 saturated heterocycles. The number of ether oxygens (including phenoxy) is 2. The number of anilines is 2. The average molecular weight is 386 g/mol. The quantitative estimate of drug-likeness (QED) is 0.624. The number of nitrogens with two attached hydrogens (primary N) is 2. The van der Waals surface area contributed by atoms with Crippen LogP contribution in [0.1, 0.15) is 12.0 Å². The zero-order valence-corrected chi connectivity index (χ0v) is 15.8. The maximum Gasteiger partial charge on any atom is 0.222 e. The first-order chi connectivity index (χ1) is 13.0. The number of nitrogens with zero attached hydrogens (tertiary/aromatic N) is 3. The minimum atomic E-state index is 0.111. The molecule has 0 fully saturated rings. The second kappa shape index (κ2) is 8.09. The molecule has 8 heteroatoms. The van der Waals surface area contributed by atoms with Crippen LogP contribution in [0.2, 0.25) is 5.02 Å². The van der Waals surface area contributed by atoms with Crippen LogP contribution in [0.3, 0.4) is 0 Å². The highest BCUT2D eigenvalue weighted by atomic mass is 35.5. The molecule has 1 heterocycles. The highest BCUT2D eigenvalue weighted by molar-refractivity contribution is 6.38. The first kappa shape index (κ1) is 18.7. The standard InChI is InChI=1S/C19H20ClN5O2/c1-26-12-5-8-15(27-2)11(10-12)4-3-9-23-14-7-6-13-16(17(14)20)18(21)25-19(22)24-13/h5-10H,3-4H2,1-2H3,(H4,21,22,24,25). The van der Waals surface area contributed by atoms with Crippen molar-refractivity contribution < 1.29 is 9.47 Å². The van der Waals surface area contributed by atoms with Crippen molar-refractivity contribution in [3.05, 3.63) is 40.9 Å². The topological polar surface area (TPSA) is 109 Å². The Kier molecular flexibility index (Phi) is 5.61. The monoisotopic (exact) mass is 385 g/mol. The number of aromatic nitrogens is 2. The maximum absolute atomic E-state index is 6.43. The second-order valence-corrected chi connectivity index (χ2v) is 6.17. The summed E-state index contributed by atoms with van der Waals surface area (Å²) < 4.78 is 10.7. The molecule has 0 aliphatic carbocycles. The predicted molar refractivity (Wildman–Crippen MR) is 109 cm³/mol. The van der Waals surface area contributed by atoms with Gasteiger partial charge < -0.3 is 20.9 Å². The van der Waals surface area contributed by atoms with Gasteiger partial charge in [-0.05, 0) is 48.7 Å². The van der Waals surface area contributed by atoms with Crippen LogP contribution >= 0.6 is 11.6 Å². The molecule has 1 aromatic heterocycles. The van der Waals surface area contributed by atoms with Crippen LogP contribution in [0.4, 0.5) is 17.5 Å². The fourth-order valence-electron chi connectivity index (χ4n) is 2.78. The highest BCUT2D eigenvalue weighted by Crippen LogP contribution is 2.35. The third kappa shape index (κ3) is 4.03. The van der Waals surface area contributed by atoms with Crippen LogP contribution in [-0.4, -0.2) is 30.4 Å². The number of halogens is 1. The van der Waals surface area contributed by atoms with Crippen LogP contribution < -0.4 is 20.9 Å². The first-order valence-electron chi connectivity index (χ1n) is 8.28. The third-order valence-electron chi connectivity index (χ3n) is 4.09. The molecule has 2 aromatic carbocycles. The van der Waals surface area contributed by atoms with Crippen molar-refractivity contribution in [2.24, 2.45) is 4.99 Å². The van der Waals surface area contributed by atoms with Crippen LogP contribution in [0.5, 0.6) is 11.5 Å². The number of hydrogen-bond donors (Lipinski definition) is 2. The minimum absolute atomic E-state index is 0.111. The largest absolute Gasteiger partial charge is 0.497 e. The van der Waals surface area contributed by atoms with Gasteiger partial charge in [-0.25, -0.2) is 4.98 Å². The molecule has 0 spiro atoms. The van der Waals surface area contributed by atoms with E-state index in [1.165, 1.54) is 0 Å². The van der Waals surface area contributed by atoms with Gasteiger partial charge in [-0.3, -0.25) is 4.99 Å². The first-order valence-corrected chi connectivity index (χ1v) is 8.66. The van der Waals surface area contributed by atoms with E-state index in [1.54, 1.807) is 32.6 Å². The molecule has 0 radical (unpaired) electrons. The number of hydrogen-bond acceptors (Lipinski definition) is 7. The lowest BCUT2D eigenvalue weighted by atomic mass is 10.1. The Balaban J connectivity index is 1.78. The van der Waals surface area contributed by atoms with E-state index in [2.05, 4.69) is 15.0 Å². The van der Waals surface area contributed by atoms with Crippen molar-refractivity contribution in [1.29, 1.82) is 0 Å². The van der Waals surface area contributed by atoms with E-state index >= 15 is 0 Å². The van der Waals surface area contributed by atoms with Gasteiger partial charge in [-0.1, -0.05) is 11.6 Å². The van der Waals surface area contributed by atoms with Crippen molar-refractivity contribution in [3.8, 4) is 11.5 Å². The number of rotatable bonds is 6. The molecular formula is C19H20ClN5O2. The molecule has 0 saturated carbocycles. The molecule has 0 unspecified atom stereocenters. The van der Waals surface area contributed by atoms with Gasteiger partial charge in [0.2, 0.25) is 5.95 Å². The van der Waals surface area contributed by atoms with Crippen molar-refractivity contribution in [2.45, 2.75) is 12.8 Å². The SMILES string of the molecule is COc1ccc(OC)c(CCC=Nc2ccc3nc(N)nc(N)c3c2Cl)c1. The molecule has 140 valence electrons. The van der Waals surface area contributed by atoms with Gasteiger partial charge in [0.15, 0.2) is 0 Å². The lowest BCUT2D eigenvalue weighted by Crippen LogP contribution is -2.00. The van der Waals surface area contributed by atoms with Crippen molar-refractivity contribution in [2.75, 3.05) is 25.7 Å². The van der Waals surface area contributed by atoms with E-state index in [9.17, 15) is 0 Å². The van der Waals surface area contributed by atoms with Crippen molar-refractivity contribution >= 4 is 46.2 Å². The Morgan fingerprint density at radius 3 is 2.67 bits per heavy atom. The van der Waals surface area contributed by atoms with E-state index < -0.39 is 0 Å². The summed E-state index contributed by atoms with van der Waals surface area (Å²) in [6, 6.07) is 9.26. The molecule has 7 nitrogen and oxygen atoms in total. The number of aliphatic imine (C=N–C) groups is 1. The molecule has 0 aliphatic heterocycles. The number of fused-ring (bicyclic) bond motifs is 1. The molecule has 4 N–H and O–H groups in total. The van der Waals surface area contributed by atoms with Crippen LogP contribution in [0, 0.1) is 0 Å². The van der Waals surface area contributed by atoms with E-state index in [4.69, 9.17) is 32.5 Å². The minimum Gasteiger partial charge on any atom is -0.497 e. The molecule has 27 heavy (non-hydrogen) atoms. The summed E-state index contributed by atoms with van der Waals surface area (Å²) in [6.07, 6.45) is 3.25. The summed E-state index contributed by atoms with van der Waals surface area (Å²) in [5.74, 6) is 1.95. The molecule has 0 bridgehead atoms. The summed E-state index contributed by atoms with van der Waals surface area (Å²) in [4.78, 5) is 12.6. The fraction of sp³-hybridized carbons (Fsp3) is 0.211. The lowest BCUT2D eigenvalue weighted by molar-refractivity contribution is 0.399. The highest BCUT2D eigenvalue weighted by Gasteiger charge is 2.11. The molecule has 3 aromatic rings. The van der Waals surface area contributed by atoms with Gasteiger partial charge in [-0.2, -0.15) is 4.98 Å². The maximum atomic E-state index is 6.43. The molecule has 0 atom stereocenters. The molecule has 0 aliphatic rings. The Bertz CT molecular complexity index is 1010. The number of methoxy groups -OCH3 is 2. The van der Waals surface area contributed by atoms with Gasteiger partial charge in [0.1, 0.15) is 17.3 Å². The van der Waals surface area contributed by atoms with E-state index in [0.717, 1.165) is 23.5 Å². The van der Waals surface area contributed by atoms with Crippen molar-refractivity contribution in [1.82, 2.24) is 9.97 Å². The summed E-state index contributed by atoms with van der Waals surface area (Å²) in [5, 5.41) is 0.954. The number of benzene rings is 2. The Hall–Kier alpha value is -3.06. The summed E-state index contributed by atoms with van der Waals surface area (Å²) in [5.41, 5.74) is 13.8. The normalized spacial score (nSPS) is 11.2. The van der Waals surface area contributed by atoms with Crippen molar-refractivity contribution in [3.63, 3.8) is 0 Å². The summed E-state index contributed by atoms with van der Waals surface area (Å²) in [6.45, 7) is 0. The van der Waals surface area contributed by atoms with Crippen LogP contribution in [0.25, 0.3) is 10.9 Å². The molecule has 0 amide bonds. The summed E-state index contributed by atoms with van der Waals surface area (Å²) >= 11 is 6.43. The van der Waals surface area contributed by atoms with E-state index in [-0.39, 0.29) is 11.8 Å². The molecule has 3 rings (SSSR count). The predicted octanol–water partition coefficient (Wildman–Crippen LogP) is 3.80. The van der Waals surface area contributed by atoms with Gasteiger partial charge in [0, 0.05) is 6.21 Å².